The van der Waals surface area contributed by atoms with Gasteiger partial charge in [-0.25, -0.2) is 4.79 Å². The lowest BCUT2D eigenvalue weighted by Gasteiger charge is -2.27. The molecule has 4 atom stereocenters. The van der Waals surface area contributed by atoms with E-state index >= 15 is 0 Å². The zero-order chi connectivity index (χ0) is 29.9. The monoisotopic (exact) mass is 581 g/mol. The molecule has 4 unspecified atom stereocenters. The van der Waals surface area contributed by atoms with Crippen LogP contribution >= 0.6 is 11.8 Å². The summed E-state index contributed by atoms with van der Waals surface area (Å²) in [5.41, 5.74) is 8.54. The van der Waals surface area contributed by atoms with Crippen LogP contribution in [0, 0.1) is 5.92 Å². The van der Waals surface area contributed by atoms with Crippen LogP contribution in [0.3, 0.4) is 0 Å². The van der Waals surface area contributed by atoms with E-state index in [1.54, 1.807) is 56.1 Å². The van der Waals surface area contributed by atoms with Crippen LogP contribution in [-0.4, -0.2) is 70.0 Å². The summed E-state index contributed by atoms with van der Waals surface area (Å²) in [5.74, 6) is -2.50. The number of benzene rings is 2. The fourth-order valence-electron chi connectivity index (χ4n) is 4.48. The molecule has 10 nitrogen and oxygen atoms in total. The zero-order valence-corrected chi connectivity index (χ0v) is 24.4. The zero-order valence-electron chi connectivity index (χ0n) is 23.6. The fourth-order valence-corrected chi connectivity index (χ4v) is 4.97. The van der Waals surface area contributed by atoms with Gasteiger partial charge in [-0.15, -0.1) is 0 Å². The Morgan fingerprint density at radius 1 is 0.878 bits per heavy atom. The summed E-state index contributed by atoms with van der Waals surface area (Å²) in [5, 5.41) is 18.8. The van der Waals surface area contributed by atoms with Gasteiger partial charge in [0.2, 0.25) is 17.7 Å². The lowest BCUT2D eigenvalue weighted by atomic mass is 9.99. The Morgan fingerprint density at radius 2 is 1.54 bits per heavy atom. The van der Waals surface area contributed by atoms with Crippen molar-refractivity contribution in [3.05, 3.63) is 71.9 Å². The highest BCUT2D eigenvalue weighted by Gasteiger charge is 2.32. The normalized spacial score (nSPS) is 14.2. The Labute approximate surface area is 244 Å². The standard InChI is InChI=1S/C30H39N5O5S/c1-18(2)26(29(38)34-25(30(39)40)15-19-9-5-4-6-10-19)35-28(37)24(33-27(36)22(31)13-14-41-3)16-20-17-32-23-12-8-7-11-21(20)23/h4-12,17-18,22,24-26,32H,13-16,31H2,1-3H3,(H,33,36)(H,34,38)(H,35,37)(H,39,40). The molecule has 2 aromatic carbocycles. The molecule has 0 bridgehead atoms. The first-order chi connectivity index (χ1) is 19.6. The summed E-state index contributed by atoms with van der Waals surface area (Å²) in [4.78, 5) is 55.0. The van der Waals surface area contributed by atoms with Crippen LogP contribution in [-0.2, 0) is 32.0 Å². The third-order valence-electron chi connectivity index (χ3n) is 6.85. The molecule has 1 heterocycles. The molecule has 3 amide bonds. The predicted octanol–water partition coefficient (Wildman–Crippen LogP) is 2.23. The lowest BCUT2D eigenvalue weighted by molar-refractivity contribution is -0.142. The summed E-state index contributed by atoms with van der Waals surface area (Å²) in [7, 11) is 0. The van der Waals surface area contributed by atoms with E-state index in [1.165, 1.54) is 0 Å². The molecule has 0 radical (unpaired) electrons. The Balaban J connectivity index is 1.79. The number of aliphatic carboxylic acids is 1. The van der Waals surface area contributed by atoms with Crippen molar-refractivity contribution in [2.24, 2.45) is 11.7 Å². The SMILES string of the molecule is CSCCC(N)C(=O)NC(Cc1c[nH]c2ccccc12)C(=O)NC(C(=O)NC(Cc1ccccc1)C(=O)O)C(C)C. The molecule has 0 fully saturated rings. The van der Waals surface area contributed by atoms with Crippen molar-refractivity contribution in [2.45, 2.75) is 57.3 Å². The Kier molecular flexibility index (Phi) is 11.8. The third-order valence-corrected chi connectivity index (χ3v) is 7.49. The molecule has 41 heavy (non-hydrogen) atoms. The number of aromatic amines is 1. The van der Waals surface area contributed by atoms with Crippen LogP contribution in [0.5, 0.6) is 0 Å². The number of H-pyrrole nitrogens is 1. The number of carboxylic acids is 1. The molecule has 0 spiro atoms. The maximum absolute atomic E-state index is 13.6. The van der Waals surface area contributed by atoms with Crippen LogP contribution in [0.4, 0.5) is 0 Å². The van der Waals surface area contributed by atoms with Gasteiger partial charge < -0.3 is 31.8 Å². The molecular formula is C30H39N5O5S. The maximum Gasteiger partial charge on any atom is 0.326 e. The Hall–Kier alpha value is -3.83. The molecule has 0 aliphatic rings. The van der Waals surface area contributed by atoms with Gasteiger partial charge in [0, 0.05) is 29.9 Å². The topological polar surface area (TPSA) is 166 Å². The molecule has 1 aromatic heterocycles. The first-order valence-electron chi connectivity index (χ1n) is 13.6. The van der Waals surface area contributed by atoms with Gasteiger partial charge in [-0.2, -0.15) is 11.8 Å². The van der Waals surface area contributed by atoms with Gasteiger partial charge in [-0.05, 0) is 41.5 Å². The van der Waals surface area contributed by atoms with E-state index in [0.717, 1.165) is 22.0 Å². The van der Waals surface area contributed by atoms with Gasteiger partial charge in [-0.1, -0.05) is 62.4 Å². The molecule has 0 saturated heterocycles. The van der Waals surface area contributed by atoms with Crippen molar-refractivity contribution in [1.82, 2.24) is 20.9 Å². The minimum Gasteiger partial charge on any atom is -0.480 e. The lowest BCUT2D eigenvalue weighted by Crippen LogP contribution is -2.59. The first-order valence-corrected chi connectivity index (χ1v) is 15.0. The van der Waals surface area contributed by atoms with E-state index < -0.39 is 47.9 Å². The second-order valence-corrected chi connectivity index (χ2v) is 11.3. The second-order valence-electron chi connectivity index (χ2n) is 10.3. The van der Waals surface area contributed by atoms with Gasteiger partial charge >= 0.3 is 5.97 Å². The van der Waals surface area contributed by atoms with E-state index in [1.807, 2.05) is 36.6 Å². The van der Waals surface area contributed by atoms with Crippen molar-refractivity contribution in [1.29, 1.82) is 0 Å². The van der Waals surface area contributed by atoms with Crippen LogP contribution in [0.1, 0.15) is 31.4 Å². The van der Waals surface area contributed by atoms with Gasteiger partial charge in [0.25, 0.3) is 0 Å². The minimum absolute atomic E-state index is 0.0911. The van der Waals surface area contributed by atoms with Crippen molar-refractivity contribution in [2.75, 3.05) is 12.0 Å². The molecule has 220 valence electrons. The summed E-state index contributed by atoms with van der Waals surface area (Å²) in [6.07, 6.45) is 4.41. The predicted molar refractivity (Wildman–Crippen MR) is 161 cm³/mol. The average molecular weight is 582 g/mol. The largest absolute Gasteiger partial charge is 0.480 e. The van der Waals surface area contributed by atoms with Gasteiger partial charge in [0.05, 0.1) is 6.04 Å². The third kappa shape index (κ3) is 9.09. The van der Waals surface area contributed by atoms with Crippen molar-refractivity contribution in [3.8, 4) is 0 Å². The Bertz CT molecular complexity index is 1330. The van der Waals surface area contributed by atoms with E-state index in [0.29, 0.717) is 12.2 Å². The highest BCUT2D eigenvalue weighted by molar-refractivity contribution is 7.98. The smallest absolute Gasteiger partial charge is 0.326 e. The highest BCUT2D eigenvalue weighted by atomic mass is 32.2. The number of thioether (sulfide) groups is 1. The van der Waals surface area contributed by atoms with E-state index in [9.17, 15) is 24.3 Å². The van der Waals surface area contributed by atoms with Crippen molar-refractivity contribution < 1.29 is 24.3 Å². The number of hydrogen-bond donors (Lipinski definition) is 6. The second kappa shape index (κ2) is 15.2. The number of amides is 3. The van der Waals surface area contributed by atoms with E-state index in [2.05, 4.69) is 20.9 Å². The number of carbonyl (C=O) groups is 4. The number of carboxylic acid groups (broad SMARTS) is 1. The number of carbonyl (C=O) groups excluding carboxylic acids is 3. The average Bonchev–Trinajstić information content (AvgIpc) is 3.36. The van der Waals surface area contributed by atoms with Crippen LogP contribution in [0.2, 0.25) is 0 Å². The number of nitrogens with two attached hydrogens (primary N) is 1. The fraction of sp³-hybridized carbons (Fsp3) is 0.400. The number of hydrogen-bond acceptors (Lipinski definition) is 6. The molecule has 0 aliphatic heterocycles. The summed E-state index contributed by atoms with van der Waals surface area (Å²) in [6.45, 7) is 3.51. The van der Waals surface area contributed by atoms with Crippen molar-refractivity contribution in [3.63, 3.8) is 0 Å². The number of fused-ring (bicyclic) bond motifs is 1. The first kappa shape index (κ1) is 31.7. The summed E-state index contributed by atoms with van der Waals surface area (Å²) >= 11 is 1.57. The summed E-state index contributed by atoms with van der Waals surface area (Å²) < 4.78 is 0. The molecule has 7 N–H and O–H groups in total. The minimum atomic E-state index is -1.18. The molecule has 0 saturated carbocycles. The van der Waals surface area contributed by atoms with Gasteiger partial charge in [0.15, 0.2) is 0 Å². The molecule has 3 rings (SSSR count). The molecule has 11 heteroatoms. The molecular weight excluding hydrogens is 542 g/mol. The van der Waals surface area contributed by atoms with E-state index in [4.69, 9.17) is 5.73 Å². The van der Waals surface area contributed by atoms with Crippen LogP contribution < -0.4 is 21.7 Å². The number of aromatic nitrogens is 1. The van der Waals surface area contributed by atoms with Crippen LogP contribution in [0.15, 0.2) is 60.8 Å². The van der Waals surface area contributed by atoms with Crippen molar-refractivity contribution >= 4 is 46.4 Å². The van der Waals surface area contributed by atoms with Gasteiger partial charge in [-0.3, -0.25) is 14.4 Å². The quantitative estimate of drug-likeness (QED) is 0.160. The number of para-hydroxylation sites is 1. The number of rotatable bonds is 15. The Morgan fingerprint density at radius 3 is 2.20 bits per heavy atom. The molecule has 0 aliphatic carbocycles. The molecule has 3 aromatic rings. The maximum atomic E-state index is 13.6. The van der Waals surface area contributed by atoms with Crippen LogP contribution in [0.25, 0.3) is 10.9 Å². The highest BCUT2D eigenvalue weighted by Crippen LogP contribution is 2.19. The summed E-state index contributed by atoms with van der Waals surface area (Å²) in [6, 6.07) is 12.6. The van der Waals surface area contributed by atoms with Gasteiger partial charge in [0.1, 0.15) is 18.1 Å². The number of nitrogens with one attached hydrogen (secondary N) is 4. The van der Waals surface area contributed by atoms with E-state index in [-0.39, 0.29) is 18.8 Å².